The maximum absolute atomic E-state index is 13.0. The lowest BCUT2D eigenvalue weighted by molar-refractivity contribution is 0.621. The lowest BCUT2D eigenvalue weighted by atomic mass is 10.2. The molecule has 5 nitrogen and oxygen atoms in total. The van der Waals surface area contributed by atoms with Gasteiger partial charge in [0, 0.05) is 16.7 Å². The van der Waals surface area contributed by atoms with Crippen LogP contribution in [-0.2, 0) is 0 Å². The first-order valence-electron chi connectivity index (χ1n) is 5.70. The summed E-state index contributed by atoms with van der Waals surface area (Å²) in [6.07, 6.45) is 4.72. The van der Waals surface area contributed by atoms with Gasteiger partial charge in [0.25, 0.3) is 0 Å². The summed E-state index contributed by atoms with van der Waals surface area (Å²) in [6, 6.07) is 2.99. The van der Waals surface area contributed by atoms with E-state index in [0.29, 0.717) is 5.82 Å². The predicted octanol–water partition coefficient (Wildman–Crippen LogP) is 2.13. The minimum Gasteiger partial charge on any atom is -0.302 e. The first-order chi connectivity index (χ1) is 9.16. The molecule has 3 rings (SSSR count). The van der Waals surface area contributed by atoms with Crippen molar-refractivity contribution in [3.05, 3.63) is 47.0 Å². The number of nitrogens with two attached hydrogens (primary N) is 1. The predicted molar refractivity (Wildman–Crippen MR) is 73.4 cm³/mol. The summed E-state index contributed by atoms with van der Waals surface area (Å²) in [4.78, 5) is 7.06. The summed E-state index contributed by atoms with van der Waals surface area (Å²) in [6.45, 7) is 2.00. The number of H-pyrrole nitrogens is 1. The highest BCUT2D eigenvalue weighted by Gasteiger charge is 2.31. The zero-order valence-corrected chi connectivity index (χ0v) is 11.0. The molecule has 2 aromatic rings. The Kier molecular flexibility index (Phi) is 3.00. The Morgan fingerprint density at radius 3 is 2.89 bits per heavy atom. The van der Waals surface area contributed by atoms with E-state index < -0.39 is 0 Å². The lowest BCUT2D eigenvalue weighted by Gasteiger charge is -2.24. The second-order valence-corrected chi connectivity index (χ2v) is 5.44. The minimum absolute atomic E-state index is 0.275. The van der Waals surface area contributed by atoms with Crippen LogP contribution in [0.25, 0.3) is 5.70 Å². The number of aromatic nitrogens is 3. The molecule has 0 bridgehead atoms. The van der Waals surface area contributed by atoms with Gasteiger partial charge in [0.15, 0.2) is 0 Å². The molecule has 98 valence electrons. The van der Waals surface area contributed by atoms with Crippen molar-refractivity contribution in [3.63, 3.8) is 0 Å². The molecule has 1 aliphatic rings. The van der Waals surface area contributed by atoms with Gasteiger partial charge in [-0.25, -0.2) is 9.37 Å². The third-order valence-corrected chi connectivity index (χ3v) is 3.86. The fourth-order valence-electron chi connectivity index (χ4n) is 2.06. The summed E-state index contributed by atoms with van der Waals surface area (Å²) in [7, 11) is 0. The van der Waals surface area contributed by atoms with Crippen molar-refractivity contribution in [2.24, 2.45) is 5.73 Å². The van der Waals surface area contributed by atoms with Gasteiger partial charge in [0.05, 0.1) is 18.1 Å². The van der Waals surface area contributed by atoms with Gasteiger partial charge >= 0.3 is 0 Å². The van der Waals surface area contributed by atoms with E-state index in [1.54, 1.807) is 30.2 Å². The monoisotopic (exact) mass is 277 g/mol. The topological polar surface area (TPSA) is 70.8 Å². The molecule has 0 aromatic carbocycles. The summed E-state index contributed by atoms with van der Waals surface area (Å²) in [5.74, 6) is 0.254. The highest BCUT2D eigenvalue weighted by Crippen LogP contribution is 2.42. The molecule has 0 fully saturated rings. The molecular weight excluding hydrogens is 265 g/mol. The van der Waals surface area contributed by atoms with Crippen molar-refractivity contribution in [3.8, 4) is 0 Å². The van der Waals surface area contributed by atoms with Crippen molar-refractivity contribution in [2.75, 3.05) is 4.90 Å². The average molecular weight is 277 g/mol. The molecule has 1 aliphatic heterocycles. The van der Waals surface area contributed by atoms with Crippen LogP contribution in [0.4, 0.5) is 10.2 Å². The lowest BCUT2D eigenvalue weighted by Crippen LogP contribution is -2.35. The first kappa shape index (κ1) is 12.2. The van der Waals surface area contributed by atoms with Gasteiger partial charge in [-0.15, -0.1) is 0 Å². The largest absolute Gasteiger partial charge is 0.302 e. The maximum atomic E-state index is 13.0. The average Bonchev–Trinajstić information content (AvgIpc) is 2.98. The molecule has 0 amide bonds. The number of pyridine rings is 1. The number of nitrogens with one attached hydrogen (secondary N) is 1. The molecule has 3 N–H and O–H groups in total. The summed E-state index contributed by atoms with van der Waals surface area (Å²) in [5.41, 5.74) is 7.73. The number of allylic oxidation sites excluding steroid dienone is 1. The number of halogens is 1. The number of anilines is 1. The summed E-state index contributed by atoms with van der Waals surface area (Å²) < 4.78 is 13.0. The van der Waals surface area contributed by atoms with Gasteiger partial charge < -0.3 is 5.73 Å². The van der Waals surface area contributed by atoms with Crippen LogP contribution in [0.1, 0.15) is 12.5 Å². The molecule has 1 unspecified atom stereocenters. The molecule has 0 saturated heterocycles. The van der Waals surface area contributed by atoms with Gasteiger partial charge in [-0.2, -0.15) is 5.10 Å². The standard InChI is InChI=1S/C12H12FN5S/c1-7-11(8-4-16-17-5-8)18(12(14)19-7)10-3-2-9(13)6-15-10/h2-6,12H,14H2,1H3,(H,16,17). The van der Waals surface area contributed by atoms with E-state index in [1.807, 2.05) is 11.8 Å². The van der Waals surface area contributed by atoms with E-state index in [0.717, 1.165) is 16.2 Å². The molecule has 0 spiro atoms. The number of hydrogen-bond acceptors (Lipinski definition) is 5. The molecule has 3 heterocycles. The summed E-state index contributed by atoms with van der Waals surface area (Å²) >= 11 is 1.54. The molecule has 0 saturated carbocycles. The molecule has 7 heteroatoms. The van der Waals surface area contributed by atoms with Crippen LogP contribution in [-0.4, -0.2) is 20.7 Å². The zero-order valence-electron chi connectivity index (χ0n) is 10.2. The van der Waals surface area contributed by atoms with Crippen LogP contribution in [0.5, 0.6) is 0 Å². The molecule has 2 aromatic heterocycles. The third-order valence-electron chi connectivity index (χ3n) is 2.86. The summed E-state index contributed by atoms with van der Waals surface area (Å²) in [5, 5.41) is 6.73. The van der Waals surface area contributed by atoms with Crippen molar-refractivity contribution in [2.45, 2.75) is 12.4 Å². The van der Waals surface area contributed by atoms with Crippen molar-refractivity contribution in [1.82, 2.24) is 15.2 Å². The van der Waals surface area contributed by atoms with Gasteiger partial charge in [-0.05, 0) is 19.1 Å². The van der Waals surface area contributed by atoms with Crippen LogP contribution in [0.15, 0.2) is 35.6 Å². The smallest absolute Gasteiger partial charge is 0.141 e. The van der Waals surface area contributed by atoms with Crippen LogP contribution in [0, 0.1) is 5.82 Å². The van der Waals surface area contributed by atoms with Crippen LogP contribution >= 0.6 is 11.8 Å². The van der Waals surface area contributed by atoms with E-state index in [1.165, 1.54) is 12.3 Å². The van der Waals surface area contributed by atoms with Crippen LogP contribution < -0.4 is 10.6 Å². The Bertz CT molecular complexity index is 608. The number of rotatable bonds is 2. The Hall–Kier alpha value is -1.86. The van der Waals surface area contributed by atoms with Crippen LogP contribution in [0.3, 0.4) is 0 Å². The molecule has 19 heavy (non-hydrogen) atoms. The van der Waals surface area contributed by atoms with Gasteiger partial charge in [0.1, 0.15) is 17.1 Å². The first-order valence-corrected chi connectivity index (χ1v) is 6.58. The number of hydrogen-bond donors (Lipinski definition) is 2. The zero-order chi connectivity index (χ0) is 13.4. The second-order valence-electron chi connectivity index (χ2n) is 4.10. The normalized spacial score (nSPS) is 19.3. The van der Waals surface area contributed by atoms with Gasteiger partial charge in [-0.1, -0.05) is 11.8 Å². The Morgan fingerprint density at radius 2 is 2.26 bits per heavy atom. The van der Waals surface area contributed by atoms with Gasteiger partial charge in [0.2, 0.25) is 0 Å². The highest BCUT2D eigenvalue weighted by molar-refractivity contribution is 8.04. The Balaban J connectivity index is 2.05. The second kappa shape index (κ2) is 4.67. The molecular formula is C12H12FN5S. The van der Waals surface area contributed by atoms with Gasteiger partial charge in [-0.3, -0.25) is 10.00 Å². The van der Waals surface area contributed by atoms with Crippen molar-refractivity contribution in [1.29, 1.82) is 0 Å². The van der Waals surface area contributed by atoms with Crippen molar-refractivity contribution >= 4 is 23.3 Å². The van der Waals surface area contributed by atoms with E-state index in [9.17, 15) is 4.39 Å². The van der Waals surface area contributed by atoms with E-state index in [4.69, 9.17) is 5.73 Å². The SMILES string of the molecule is CC1=C(c2cn[nH]c2)N(c2ccc(F)cn2)C(N)S1. The third kappa shape index (κ3) is 2.11. The van der Waals surface area contributed by atoms with Crippen molar-refractivity contribution < 1.29 is 4.39 Å². The van der Waals surface area contributed by atoms with E-state index in [-0.39, 0.29) is 11.3 Å². The van der Waals surface area contributed by atoms with E-state index in [2.05, 4.69) is 15.2 Å². The maximum Gasteiger partial charge on any atom is 0.141 e. The Labute approximate surface area is 113 Å². The highest BCUT2D eigenvalue weighted by atomic mass is 32.2. The molecule has 1 atom stereocenters. The quantitative estimate of drug-likeness (QED) is 0.880. The molecule has 0 radical (unpaired) electrons. The fraction of sp³-hybridized carbons (Fsp3) is 0.167. The number of nitrogens with zero attached hydrogens (tertiary/aromatic N) is 3. The van der Waals surface area contributed by atoms with Crippen LogP contribution in [0.2, 0.25) is 0 Å². The fourth-order valence-corrected chi connectivity index (χ4v) is 3.07. The Morgan fingerprint density at radius 1 is 1.42 bits per heavy atom. The minimum atomic E-state index is -0.366. The number of thioether (sulfide) groups is 1. The number of aromatic amines is 1. The molecule has 0 aliphatic carbocycles. The van der Waals surface area contributed by atoms with E-state index >= 15 is 0 Å².